The third-order valence-corrected chi connectivity index (χ3v) is 7.68. The number of rotatable bonds is 5. The zero-order valence-corrected chi connectivity index (χ0v) is 18.1. The van der Waals surface area contributed by atoms with Crippen LogP contribution in [0.15, 0.2) is 59.6 Å². The Balaban J connectivity index is 1.59. The van der Waals surface area contributed by atoms with E-state index < -0.39 is 14.6 Å². The molecule has 6 nitrogen and oxygen atoms in total. The summed E-state index contributed by atoms with van der Waals surface area (Å²) in [7, 11) is -1.35. The van der Waals surface area contributed by atoms with Crippen LogP contribution in [0.5, 0.6) is 5.75 Å². The van der Waals surface area contributed by atoms with E-state index in [1.165, 1.54) is 0 Å². The van der Waals surface area contributed by atoms with Gasteiger partial charge < -0.3 is 15.0 Å². The van der Waals surface area contributed by atoms with Crippen LogP contribution in [0, 0.1) is 0 Å². The number of hydrogen-bond acceptors (Lipinski definition) is 4. The Kier molecular flexibility index (Phi) is 6.47. The second kappa shape index (κ2) is 8.86. The van der Waals surface area contributed by atoms with E-state index in [1.807, 2.05) is 47.4 Å². The highest BCUT2D eigenvalue weighted by Gasteiger charge is 2.40. The molecule has 0 unspecified atom stereocenters. The highest BCUT2D eigenvalue weighted by molar-refractivity contribution is 7.92. The average molecular weight is 416 g/mol. The van der Waals surface area contributed by atoms with Crippen LogP contribution < -0.4 is 10.1 Å². The van der Waals surface area contributed by atoms with E-state index in [4.69, 9.17) is 4.74 Å². The summed E-state index contributed by atoms with van der Waals surface area (Å²) in [5.74, 6) is 1.71. The van der Waals surface area contributed by atoms with Crippen molar-refractivity contribution in [1.82, 2.24) is 10.2 Å². The molecular weight excluding hydrogens is 386 g/mol. The van der Waals surface area contributed by atoms with Crippen molar-refractivity contribution in [1.29, 1.82) is 0 Å². The van der Waals surface area contributed by atoms with Gasteiger partial charge in [-0.25, -0.2) is 8.42 Å². The summed E-state index contributed by atoms with van der Waals surface area (Å²) in [6.45, 7) is 5.55. The molecule has 2 aromatic rings. The van der Waals surface area contributed by atoms with Crippen LogP contribution in [0.2, 0.25) is 0 Å². The SMILES string of the molecule is CN=C(NCc1cccc(COc2ccccc2)c1)N1CCS(=O)(=O)C(C)(C)C1. The molecule has 1 aliphatic heterocycles. The highest BCUT2D eigenvalue weighted by Crippen LogP contribution is 2.23. The molecule has 0 saturated carbocycles. The summed E-state index contributed by atoms with van der Waals surface area (Å²) in [6.07, 6.45) is 0. The number of sulfone groups is 1. The van der Waals surface area contributed by atoms with Crippen molar-refractivity contribution in [3.63, 3.8) is 0 Å². The molecule has 156 valence electrons. The van der Waals surface area contributed by atoms with Gasteiger partial charge in [-0.3, -0.25) is 4.99 Å². The Hall–Kier alpha value is -2.54. The molecule has 2 aromatic carbocycles. The van der Waals surface area contributed by atoms with Gasteiger partial charge in [-0.1, -0.05) is 42.5 Å². The van der Waals surface area contributed by atoms with E-state index >= 15 is 0 Å². The van der Waals surface area contributed by atoms with E-state index in [0.29, 0.717) is 26.2 Å². The molecule has 0 bridgehead atoms. The van der Waals surface area contributed by atoms with Gasteiger partial charge in [0.05, 0.1) is 10.5 Å². The first-order valence-corrected chi connectivity index (χ1v) is 11.4. The summed E-state index contributed by atoms with van der Waals surface area (Å²) in [6, 6.07) is 18.0. The van der Waals surface area contributed by atoms with Gasteiger partial charge >= 0.3 is 0 Å². The molecule has 0 aromatic heterocycles. The summed E-state index contributed by atoms with van der Waals surface area (Å²) < 4.78 is 29.5. The standard InChI is InChI=1S/C22H29N3O3S/c1-22(2)17-25(12-13-29(22,26)27)21(23-3)24-15-18-8-7-9-19(14-18)16-28-20-10-5-4-6-11-20/h4-11,14H,12-13,15-17H2,1-3H3,(H,23,24). The predicted octanol–water partition coefficient (Wildman–Crippen LogP) is 2.85. The lowest BCUT2D eigenvalue weighted by atomic mass is 10.1. The molecule has 0 atom stereocenters. The molecule has 1 saturated heterocycles. The van der Waals surface area contributed by atoms with Gasteiger partial charge in [0.2, 0.25) is 0 Å². The van der Waals surface area contributed by atoms with Crippen molar-refractivity contribution < 1.29 is 13.2 Å². The van der Waals surface area contributed by atoms with Crippen molar-refractivity contribution >= 4 is 15.8 Å². The molecule has 29 heavy (non-hydrogen) atoms. The van der Waals surface area contributed by atoms with Gasteiger partial charge in [-0.05, 0) is 37.1 Å². The zero-order chi connectivity index (χ0) is 20.9. The molecule has 7 heteroatoms. The zero-order valence-electron chi connectivity index (χ0n) is 17.3. The summed E-state index contributed by atoms with van der Waals surface area (Å²) >= 11 is 0. The van der Waals surface area contributed by atoms with Crippen molar-refractivity contribution in [2.24, 2.45) is 4.99 Å². The molecule has 1 N–H and O–H groups in total. The van der Waals surface area contributed by atoms with Gasteiger partial charge in [-0.15, -0.1) is 0 Å². The van der Waals surface area contributed by atoms with Crippen LogP contribution in [0.25, 0.3) is 0 Å². The minimum Gasteiger partial charge on any atom is -0.489 e. The molecule has 1 heterocycles. The molecule has 0 amide bonds. The molecule has 0 aliphatic carbocycles. The largest absolute Gasteiger partial charge is 0.489 e. The highest BCUT2D eigenvalue weighted by atomic mass is 32.2. The Bertz CT molecular complexity index is 956. The van der Waals surface area contributed by atoms with Gasteiger partial charge in [0, 0.05) is 26.7 Å². The molecule has 0 spiro atoms. The maximum absolute atomic E-state index is 12.2. The smallest absolute Gasteiger partial charge is 0.193 e. The van der Waals surface area contributed by atoms with E-state index in [9.17, 15) is 8.42 Å². The normalized spacial score (nSPS) is 18.3. The minimum absolute atomic E-state index is 0.146. The van der Waals surface area contributed by atoms with Crippen molar-refractivity contribution in [2.75, 3.05) is 25.9 Å². The second-order valence-corrected chi connectivity index (χ2v) is 10.6. The molecule has 3 rings (SSSR count). The van der Waals surface area contributed by atoms with Crippen molar-refractivity contribution in [2.45, 2.75) is 31.7 Å². The van der Waals surface area contributed by atoms with Crippen LogP contribution in [0.1, 0.15) is 25.0 Å². The first kappa shape index (κ1) is 21.2. The van der Waals surface area contributed by atoms with Gasteiger partial charge in [-0.2, -0.15) is 0 Å². The Morgan fingerprint density at radius 2 is 1.86 bits per heavy atom. The number of aliphatic imine (C=N–C) groups is 1. The van der Waals surface area contributed by atoms with Gasteiger partial charge in [0.25, 0.3) is 0 Å². The number of benzene rings is 2. The van der Waals surface area contributed by atoms with Gasteiger partial charge in [0.1, 0.15) is 12.4 Å². The van der Waals surface area contributed by atoms with E-state index in [-0.39, 0.29) is 5.75 Å². The average Bonchev–Trinajstić information content (AvgIpc) is 2.70. The fourth-order valence-corrected chi connectivity index (χ4v) is 4.72. The number of ether oxygens (including phenoxy) is 1. The number of hydrogen-bond donors (Lipinski definition) is 1. The minimum atomic E-state index is -3.08. The maximum atomic E-state index is 12.2. The lowest BCUT2D eigenvalue weighted by Crippen LogP contribution is -2.57. The quantitative estimate of drug-likeness (QED) is 0.601. The maximum Gasteiger partial charge on any atom is 0.193 e. The molecule has 1 aliphatic rings. The summed E-state index contributed by atoms with van der Waals surface area (Å²) in [5, 5.41) is 3.36. The van der Waals surface area contributed by atoms with Crippen LogP contribution >= 0.6 is 0 Å². The molecule has 1 fully saturated rings. The fraction of sp³-hybridized carbons (Fsp3) is 0.409. The Morgan fingerprint density at radius 1 is 1.14 bits per heavy atom. The Morgan fingerprint density at radius 3 is 2.55 bits per heavy atom. The van der Waals surface area contributed by atoms with Crippen LogP contribution in [0.4, 0.5) is 0 Å². The molecule has 0 radical (unpaired) electrons. The Labute approximate surface area is 173 Å². The third kappa shape index (κ3) is 5.29. The lowest BCUT2D eigenvalue weighted by Gasteiger charge is -2.39. The first-order chi connectivity index (χ1) is 13.8. The second-order valence-electron chi connectivity index (χ2n) is 7.82. The van der Waals surface area contributed by atoms with E-state index in [1.54, 1.807) is 20.9 Å². The van der Waals surface area contributed by atoms with E-state index in [0.717, 1.165) is 22.8 Å². The number of nitrogens with one attached hydrogen (secondary N) is 1. The first-order valence-electron chi connectivity index (χ1n) is 9.74. The van der Waals surface area contributed by atoms with Gasteiger partial charge in [0.15, 0.2) is 15.8 Å². The van der Waals surface area contributed by atoms with Crippen LogP contribution in [-0.2, 0) is 23.0 Å². The number of guanidine groups is 1. The third-order valence-electron chi connectivity index (χ3n) is 5.15. The topological polar surface area (TPSA) is 71.0 Å². The summed E-state index contributed by atoms with van der Waals surface area (Å²) in [5.41, 5.74) is 2.21. The number of para-hydroxylation sites is 1. The van der Waals surface area contributed by atoms with Crippen LogP contribution in [0.3, 0.4) is 0 Å². The van der Waals surface area contributed by atoms with Crippen molar-refractivity contribution in [3.8, 4) is 5.75 Å². The predicted molar refractivity (Wildman–Crippen MR) is 117 cm³/mol. The lowest BCUT2D eigenvalue weighted by molar-refractivity contribution is 0.306. The summed E-state index contributed by atoms with van der Waals surface area (Å²) in [4.78, 5) is 6.37. The fourth-order valence-electron chi connectivity index (χ4n) is 3.35. The van der Waals surface area contributed by atoms with Crippen molar-refractivity contribution in [3.05, 3.63) is 65.7 Å². The molecular formula is C22H29N3O3S. The van der Waals surface area contributed by atoms with Crippen LogP contribution in [-0.4, -0.2) is 49.9 Å². The number of nitrogens with zero attached hydrogens (tertiary/aromatic N) is 2. The van der Waals surface area contributed by atoms with E-state index in [2.05, 4.69) is 22.4 Å². The monoisotopic (exact) mass is 415 g/mol.